The van der Waals surface area contributed by atoms with E-state index < -0.39 is 0 Å². The number of hydrogen-bond donors (Lipinski definition) is 1. The molecule has 1 atom stereocenters. The van der Waals surface area contributed by atoms with E-state index in [-0.39, 0.29) is 6.10 Å². The summed E-state index contributed by atoms with van der Waals surface area (Å²) in [5.74, 6) is 0. The van der Waals surface area contributed by atoms with Crippen molar-refractivity contribution in [1.82, 2.24) is 4.90 Å². The smallest absolute Gasteiger partial charge is 0.0730 e. The summed E-state index contributed by atoms with van der Waals surface area (Å²) < 4.78 is 0. The minimum atomic E-state index is -0.340. The van der Waals surface area contributed by atoms with E-state index in [2.05, 4.69) is 6.58 Å². The molecule has 0 aromatic carbocycles. The molecule has 0 saturated heterocycles. The third-order valence-corrected chi connectivity index (χ3v) is 1.14. The van der Waals surface area contributed by atoms with Crippen molar-refractivity contribution in [2.75, 3.05) is 20.6 Å². The van der Waals surface area contributed by atoms with Gasteiger partial charge < -0.3 is 10.0 Å². The molecule has 0 bridgehead atoms. The number of nitrogens with zero attached hydrogens (tertiary/aromatic N) is 1. The predicted molar refractivity (Wildman–Crippen MR) is 39.4 cm³/mol. The lowest BCUT2D eigenvalue weighted by molar-refractivity contribution is 0.196. The van der Waals surface area contributed by atoms with Crippen LogP contribution >= 0.6 is 0 Å². The molecule has 0 aromatic heterocycles. The topological polar surface area (TPSA) is 23.5 Å². The van der Waals surface area contributed by atoms with Gasteiger partial charge in [-0.05, 0) is 20.5 Å². The van der Waals surface area contributed by atoms with E-state index in [1.54, 1.807) is 6.08 Å². The van der Waals surface area contributed by atoms with E-state index in [1.165, 1.54) is 0 Å². The van der Waals surface area contributed by atoms with Gasteiger partial charge in [0.05, 0.1) is 6.10 Å². The molecule has 0 aromatic rings. The van der Waals surface area contributed by atoms with E-state index in [9.17, 15) is 0 Å². The largest absolute Gasteiger partial charge is 0.389 e. The van der Waals surface area contributed by atoms with Gasteiger partial charge in [-0.3, -0.25) is 0 Å². The molecule has 2 heteroatoms. The van der Waals surface area contributed by atoms with Crippen LogP contribution in [0.2, 0.25) is 0 Å². The Labute approximate surface area is 56.8 Å². The molecular formula is C7H15NO. The van der Waals surface area contributed by atoms with Crippen molar-refractivity contribution in [2.45, 2.75) is 12.5 Å². The van der Waals surface area contributed by atoms with Crippen LogP contribution < -0.4 is 0 Å². The first-order chi connectivity index (χ1) is 4.16. The third kappa shape index (κ3) is 5.53. The Bertz CT molecular complexity index is 81.0. The number of aliphatic hydroxyl groups excluding tert-OH is 1. The first kappa shape index (κ1) is 8.66. The van der Waals surface area contributed by atoms with Crippen molar-refractivity contribution in [2.24, 2.45) is 0 Å². The Morgan fingerprint density at radius 1 is 1.67 bits per heavy atom. The molecule has 0 aliphatic carbocycles. The van der Waals surface area contributed by atoms with E-state index in [0.717, 1.165) is 13.0 Å². The molecule has 9 heavy (non-hydrogen) atoms. The summed E-state index contributed by atoms with van der Waals surface area (Å²) >= 11 is 0. The molecule has 1 N–H and O–H groups in total. The molecule has 0 fully saturated rings. The Morgan fingerprint density at radius 3 is 2.56 bits per heavy atom. The molecule has 1 unspecified atom stereocenters. The minimum absolute atomic E-state index is 0.340. The highest BCUT2D eigenvalue weighted by Gasteiger charge is 1.96. The fourth-order valence-corrected chi connectivity index (χ4v) is 0.508. The Balaban J connectivity index is 3.16. The summed E-state index contributed by atoms with van der Waals surface area (Å²) in [7, 11) is 3.96. The van der Waals surface area contributed by atoms with E-state index in [1.807, 2.05) is 19.0 Å². The van der Waals surface area contributed by atoms with Crippen LogP contribution in [0.1, 0.15) is 6.42 Å². The Morgan fingerprint density at radius 2 is 2.22 bits per heavy atom. The standard InChI is InChI=1S/C7H15NO/c1-4-7(9)5-6-8(2)3/h4,7,9H,1,5-6H2,2-3H3. The van der Waals surface area contributed by atoms with Crippen molar-refractivity contribution in [3.8, 4) is 0 Å². The zero-order valence-corrected chi connectivity index (χ0v) is 6.17. The molecule has 0 rings (SSSR count). The van der Waals surface area contributed by atoms with Gasteiger partial charge in [-0.15, -0.1) is 6.58 Å². The average Bonchev–Trinajstić information content (AvgIpc) is 1.83. The number of rotatable bonds is 4. The van der Waals surface area contributed by atoms with Crippen LogP contribution in [-0.2, 0) is 0 Å². The maximum Gasteiger partial charge on any atom is 0.0730 e. The van der Waals surface area contributed by atoms with Crippen molar-refractivity contribution in [3.63, 3.8) is 0 Å². The van der Waals surface area contributed by atoms with Crippen LogP contribution in [0.25, 0.3) is 0 Å². The second kappa shape index (κ2) is 4.53. The average molecular weight is 129 g/mol. The summed E-state index contributed by atoms with van der Waals surface area (Å²) in [5.41, 5.74) is 0. The maximum absolute atomic E-state index is 8.96. The predicted octanol–water partition coefficient (Wildman–Crippen LogP) is 0.485. The highest BCUT2D eigenvalue weighted by molar-refractivity contribution is 4.77. The van der Waals surface area contributed by atoms with Crippen LogP contribution in [0.15, 0.2) is 12.7 Å². The molecule has 2 nitrogen and oxygen atoms in total. The SMILES string of the molecule is C=CC(O)CCN(C)C. The molecule has 0 amide bonds. The summed E-state index contributed by atoms with van der Waals surface area (Å²) in [6.45, 7) is 4.38. The monoisotopic (exact) mass is 129 g/mol. The normalized spacial score (nSPS) is 13.8. The van der Waals surface area contributed by atoms with Gasteiger partial charge in [0.25, 0.3) is 0 Å². The van der Waals surface area contributed by atoms with Gasteiger partial charge in [-0.25, -0.2) is 0 Å². The Hall–Kier alpha value is -0.340. The van der Waals surface area contributed by atoms with E-state index >= 15 is 0 Å². The highest BCUT2D eigenvalue weighted by atomic mass is 16.3. The lowest BCUT2D eigenvalue weighted by atomic mass is 10.2. The van der Waals surface area contributed by atoms with E-state index in [0.29, 0.717) is 0 Å². The molecule has 0 aliphatic rings. The second-order valence-corrected chi connectivity index (χ2v) is 2.40. The molecule has 0 saturated carbocycles. The van der Waals surface area contributed by atoms with E-state index in [4.69, 9.17) is 5.11 Å². The van der Waals surface area contributed by atoms with Gasteiger partial charge in [-0.1, -0.05) is 6.08 Å². The van der Waals surface area contributed by atoms with Crippen LogP contribution in [0.4, 0.5) is 0 Å². The molecule has 0 radical (unpaired) electrons. The summed E-state index contributed by atoms with van der Waals surface area (Å²) in [5, 5.41) is 8.96. The molecule has 0 spiro atoms. The lowest BCUT2D eigenvalue weighted by Gasteiger charge is -2.10. The van der Waals surface area contributed by atoms with Gasteiger partial charge in [-0.2, -0.15) is 0 Å². The van der Waals surface area contributed by atoms with Gasteiger partial charge in [0, 0.05) is 6.54 Å². The highest BCUT2D eigenvalue weighted by Crippen LogP contribution is 1.92. The number of hydrogen-bond acceptors (Lipinski definition) is 2. The van der Waals surface area contributed by atoms with Gasteiger partial charge in [0.15, 0.2) is 0 Å². The van der Waals surface area contributed by atoms with Crippen LogP contribution in [0, 0.1) is 0 Å². The van der Waals surface area contributed by atoms with Gasteiger partial charge in [0.1, 0.15) is 0 Å². The van der Waals surface area contributed by atoms with Gasteiger partial charge >= 0.3 is 0 Å². The summed E-state index contributed by atoms with van der Waals surface area (Å²) in [4.78, 5) is 2.03. The van der Waals surface area contributed by atoms with Gasteiger partial charge in [0.2, 0.25) is 0 Å². The van der Waals surface area contributed by atoms with Crippen LogP contribution in [-0.4, -0.2) is 36.8 Å². The maximum atomic E-state index is 8.96. The summed E-state index contributed by atoms with van der Waals surface area (Å²) in [6.07, 6.45) is 1.99. The fourth-order valence-electron chi connectivity index (χ4n) is 0.508. The second-order valence-electron chi connectivity index (χ2n) is 2.40. The van der Waals surface area contributed by atoms with Crippen molar-refractivity contribution in [3.05, 3.63) is 12.7 Å². The van der Waals surface area contributed by atoms with Crippen LogP contribution in [0.3, 0.4) is 0 Å². The number of aliphatic hydroxyl groups is 1. The molecular weight excluding hydrogens is 114 g/mol. The fraction of sp³-hybridized carbons (Fsp3) is 0.714. The molecule has 0 aliphatic heterocycles. The minimum Gasteiger partial charge on any atom is -0.389 e. The molecule has 0 heterocycles. The lowest BCUT2D eigenvalue weighted by Crippen LogP contribution is -2.17. The first-order valence-corrected chi connectivity index (χ1v) is 3.12. The van der Waals surface area contributed by atoms with Crippen molar-refractivity contribution < 1.29 is 5.11 Å². The third-order valence-electron chi connectivity index (χ3n) is 1.14. The Kier molecular flexibility index (Phi) is 4.36. The zero-order valence-electron chi connectivity index (χ0n) is 6.17. The summed E-state index contributed by atoms with van der Waals surface area (Å²) in [6, 6.07) is 0. The molecule has 54 valence electrons. The van der Waals surface area contributed by atoms with Crippen molar-refractivity contribution >= 4 is 0 Å². The van der Waals surface area contributed by atoms with Crippen molar-refractivity contribution in [1.29, 1.82) is 0 Å². The van der Waals surface area contributed by atoms with Crippen LogP contribution in [0.5, 0.6) is 0 Å². The zero-order chi connectivity index (χ0) is 7.28. The first-order valence-electron chi connectivity index (χ1n) is 3.12. The quantitative estimate of drug-likeness (QED) is 0.558.